The van der Waals surface area contributed by atoms with Gasteiger partial charge in [0, 0.05) is 25.3 Å². The number of carbonyl (C=O) groups is 1. The van der Waals surface area contributed by atoms with Gasteiger partial charge in [0.1, 0.15) is 0 Å². The maximum atomic E-state index is 12.0. The van der Waals surface area contributed by atoms with Crippen molar-refractivity contribution in [2.75, 3.05) is 0 Å². The SMILES string of the molecule is Cc1[nH]ncc1C(=O)NCc1ccc2c(c1)CNC2.Cl. The van der Waals surface area contributed by atoms with Crippen molar-refractivity contribution in [1.29, 1.82) is 0 Å². The molecule has 0 spiro atoms. The van der Waals surface area contributed by atoms with Gasteiger partial charge in [0.05, 0.1) is 11.8 Å². The second-order valence-corrected chi connectivity index (χ2v) is 4.80. The van der Waals surface area contributed by atoms with Crippen LogP contribution in [0.1, 0.15) is 32.7 Å². The number of nitrogens with one attached hydrogen (secondary N) is 3. The first-order valence-corrected chi connectivity index (χ1v) is 6.33. The van der Waals surface area contributed by atoms with Crippen LogP contribution in [0.15, 0.2) is 24.4 Å². The third-order valence-corrected chi connectivity index (χ3v) is 3.43. The van der Waals surface area contributed by atoms with Gasteiger partial charge < -0.3 is 10.6 Å². The van der Waals surface area contributed by atoms with Gasteiger partial charge in [0.25, 0.3) is 5.91 Å². The number of H-pyrrole nitrogens is 1. The molecule has 2 heterocycles. The van der Waals surface area contributed by atoms with Crippen LogP contribution in [0.25, 0.3) is 0 Å². The summed E-state index contributed by atoms with van der Waals surface area (Å²) < 4.78 is 0. The van der Waals surface area contributed by atoms with E-state index in [0.717, 1.165) is 24.3 Å². The van der Waals surface area contributed by atoms with Crippen LogP contribution in [0.4, 0.5) is 0 Å². The zero-order chi connectivity index (χ0) is 13.2. The summed E-state index contributed by atoms with van der Waals surface area (Å²) in [7, 11) is 0. The van der Waals surface area contributed by atoms with Crippen LogP contribution in [0.5, 0.6) is 0 Å². The van der Waals surface area contributed by atoms with Crippen molar-refractivity contribution in [1.82, 2.24) is 20.8 Å². The number of carbonyl (C=O) groups excluding carboxylic acids is 1. The summed E-state index contributed by atoms with van der Waals surface area (Å²) in [4.78, 5) is 12.0. The molecule has 0 saturated carbocycles. The minimum atomic E-state index is -0.0927. The zero-order valence-electron chi connectivity index (χ0n) is 11.2. The number of nitrogens with zero attached hydrogens (tertiary/aromatic N) is 1. The minimum Gasteiger partial charge on any atom is -0.348 e. The molecule has 2 aromatic rings. The number of rotatable bonds is 3. The molecule has 1 aromatic heterocycles. The van der Waals surface area contributed by atoms with Gasteiger partial charge in [-0.15, -0.1) is 12.4 Å². The van der Waals surface area contributed by atoms with Gasteiger partial charge in [-0.3, -0.25) is 9.89 Å². The summed E-state index contributed by atoms with van der Waals surface area (Å²) in [5.74, 6) is -0.0927. The molecule has 6 heteroatoms. The van der Waals surface area contributed by atoms with Crippen molar-refractivity contribution < 1.29 is 4.79 Å². The van der Waals surface area contributed by atoms with E-state index in [0.29, 0.717) is 12.1 Å². The number of aromatic amines is 1. The van der Waals surface area contributed by atoms with E-state index in [1.807, 2.05) is 6.92 Å². The number of aromatic nitrogens is 2. The minimum absolute atomic E-state index is 0. The van der Waals surface area contributed by atoms with Crippen LogP contribution in [0.3, 0.4) is 0 Å². The Morgan fingerprint density at radius 1 is 1.35 bits per heavy atom. The van der Waals surface area contributed by atoms with Crippen molar-refractivity contribution in [3.05, 3.63) is 52.3 Å². The third kappa shape index (κ3) is 2.84. The molecule has 1 aliphatic heterocycles. The van der Waals surface area contributed by atoms with Crippen LogP contribution in [0.2, 0.25) is 0 Å². The summed E-state index contributed by atoms with van der Waals surface area (Å²) >= 11 is 0. The number of hydrogen-bond donors (Lipinski definition) is 3. The lowest BCUT2D eigenvalue weighted by molar-refractivity contribution is 0.0950. The summed E-state index contributed by atoms with van der Waals surface area (Å²) in [6, 6.07) is 6.34. The fourth-order valence-electron chi connectivity index (χ4n) is 2.32. The number of aryl methyl sites for hydroxylation is 1. The lowest BCUT2D eigenvalue weighted by Crippen LogP contribution is -2.23. The van der Waals surface area contributed by atoms with Gasteiger partial charge in [0.2, 0.25) is 0 Å². The van der Waals surface area contributed by atoms with Gasteiger partial charge in [-0.05, 0) is 23.6 Å². The first-order chi connectivity index (χ1) is 9.24. The summed E-state index contributed by atoms with van der Waals surface area (Å²) in [6.45, 7) is 4.23. The number of hydrogen-bond acceptors (Lipinski definition) is 3. The summed E-state index contributed by atoms with van der Waals surface area (Å²) in [5, 5.41) is 12.8. The Morgan fingerprint density at radius 3 is 2.90 bits per heavy atom. The van der Waals surface area contributed by atoms with E-state index in [1.165, 1.54) is 11.1 Å². The number of fused-ring (bicyclic) bond motifs is 1. The fraction of sp³-hybridized carbons (Fsp3) is 0.286. The molecule has 0 bridgehead atoms. The van der Waals surface area contributed by atoms with Crippen LogP contribution in [0, 0.1) is 6.92 Å². The van der Waals surface area contributed by atoms with Crippen molar-refractivity contribution in [2.24, 2.45) is 0 Å². The van der Waals surface area contributed by atoms with Gasteiger partial charge in [-0.1, -0.05) is 18.2 Å². The summed E-state index contributed by atoms with van der Waals surface area (Å²) in [5.41, 5.74) is 5.18. The molecule has 5 nitrogen and oxygen atoms in total. The fourth-order valence-corrected chi connectivity index (χ4v) is 2.32. The number of amides is 1. The van der Waals surface area contributed by atoms with E-state index in [2.05, 4.69) is 39.0 Å². The van der Waals surface area contributed by atoms with Crippen molar-refractivity contribution in [2.45, 2.75) is 26.6 Å². The predicted molar refractivity (Wildman–Crippen MR) is 78.7 cm³/mol. The highest BCUT2D eigenvalue weighted by molar-refractivity contribution is 5.94. The molecule has 0 unspecified atom stereocenters. The Kier molecular flexibility index (Phi) is 4.42. The molecule has 0 radical (unpaired) electrons. The first kappa shape index (κ1) is 14.6. The molecule has 20 heavy (non-hydrogen) atoms. The number of benzene rings is 1. The van der Waals surface area contributed by atoms with E-state index >= 15 is 0 Å². The molecule has 0 aliphatic carbocycles. The normalized spacial score (nSPS) is 12.7. The van der Waals surface area contributed by atoms with Gasteiger partial charge in [-0.25, -0.2) is 0 Å². The van der Waals surface area contributed by atoms with Crippen LogP contribution in [-0.4, -0.2) is 16.1 Å². The predicted octanol–water partition coefficient (Wildman–Crippen LogP) is 1.67. The molecule has 1 aliphatic rings. The maximum absolute atomic E-state index is 12.0. The second-order valence-electron chi connectivity index (χ2n) is 4.80. The average Bonchev–Trinajstić information content (AvgIpc) is 3.03. The Hall–Kier alpha value is -1.85. The standard InChI is InChI=1S/C14H16N4O.ClH/c1-9-13(8-17-18-9)14(19)16-5-10-2-3-11-6-15-7-12(11)4-10;/h2-4,8,15H,5-7H2,1H3,(H,16,19)(H,17,18);1H. The van der Waals surface area contributed by atoms with Crippen LogP contribution < -0.4 is 10.6 Å². The molecular weight excluding hydrogens is 276 g/mol. The lowest BCUT2D eigenvalue weighted by Gasteiger charge is -2.06. The largest absolute Gasteiger partial charge is 0.348 e. The molecule has 3 rings (SSSR count). The molecule has 0 atom stereocenters. The topological polar surface area (TPSA) is 69.8 Å². The Morgan fingerprint density at radius 2 is 2.15 bits per heavy atom. The molecule has 1 amide bonds. The van der Waals surface area contributed by atoms with E-state index in [-0.39, 0.29) is 18.3 Å². The Bertz CT molecular complexity index is 623. The Labute approximate surface area is 123 Å². The smallest absolute Gasteiger partial charge is 0.255 e. The molecule has 106 valence electrons. The Balaban J connectivity index is 0.00000147. The van der Waals surface area contributed by atoms with E-state index < -0.39 is 0 Å². The molecule has 1 aromatic carbocycles. The lowest BCUT2D eigenvalue weighted by atomic mass is 10.1. The molecule has 3 N–H and O–H groups in total. The highest BCUT2D eigenvalue weighted by atomic mass is 35.5. The maximum Gasteiger partial charge on any atom is 0.255 e. The van der Waals surface area contributed by atoms with E-state index in [9.17, 15) is 4.79 Å². The highest BCUT2D eigenvalue weighted by Crippen LogP contribution is 2.17. The van der Waals surface area contributed by atoms with Crippen molar-refractivity contribution in [3.63, 3.8) is 0 Å². The molecular formula is C14H17ClN4O. The first-order valence-electron chi connectivity index (χ1n) is 6.33. The third-order valence-electron chi connectivity index (χ3n) is 3.43. The van der Waals surface area contributed by atoms with Crippen LogP contribution >= 0.6 is 12.4 Å². The summed E-state index contributed by atoms with van der Waals surface area (Å²) in [6.07, 6.45) is 1.55. The van der Waals surface area contributed by atoms with E-state index in [4.69, 9.17) is 0 Å². The quantitative estimate of drug-likeness (QED) is 0.806. The van der Waals surface area contributed by atoms with Crippen LogP contribution in [-0.2, 0) is 19.6 Å². The number of halogens is 1. The monoisotopic (exact) mass is 292 g/mol. The highest BCUT2D eigenvalue weighted by Gasteiger charge is 2.12. The van der Waals surface area contributed by atoms with Gasteiger partial charge in [0.15, 0.2) is 0 Å². The molecule has 0 fully saturated rings. The van der Waals surface area contributed by atoms with Crippen molar-refractivity contribution >= 4 is 18.3 Å². The zero-order valence-corrected chi connectivity index (χ0v) is 12.0. The van der Waals surface area contributed by atoms with Gasteiger partial charge >= 0.3 is 0 Å². The van der Waals surface area contributed by atoms with E-state index in [1.54, 1.807) is 6.20 Å². The van der Waals surface area contributed by atoms with Crippen molar-refractivity contribution in [3.8, 4) is 0 Å². The average molecular weight is 293 g/mol. The second kappa shape index (κ2) is 6.07. The van der Waals surface area contributed by atoms with Gasteiger partial charge in [-0.2, -0.15) is 5.10 Å². The molecule has 0 saturated heterocycles.